The number of pyridine rings is 1. The summed E-state index contributed by atoms with van der Waals surface area (Å²) in [6.07, 6.45) is 0.687. The van der Waals surface area contributed by atoms with Crippen LogP contribution in [0.3, 0.4) is 0 Å². The molecule has 2 aromatic carbocycles. The van der Waals surface area contributed by atoms with Crippen LogP contribution in [0.2, 0.25) is 5.02 Å². The van der Waals surface area contributed by atoms with Crippen molar-refractivity contribution in [1.82, 2.24) is 9.88 Å². The van der Waals surface area contributed by atoms with Crippen LogP contribution in [0.25, 0.3) is 0 Å². The molecule has 0 spiro atoms. The minimum absolute atomic E-state index is 0.0251. The monoisotopic (exact) mass is 538 g/mol. The second kappa shape index (κ2) is 11.9. The lowest BCUT2D eigenvalue weighted by molar-refractivity contribution is -0.164. The van der Waals surface area contributed by atoms with Crippen LogP contribution in [0.1, 0.15) is 35.3 Å². The number of nitrogens with zero attached hydrogens (tertiary/aromatic N) is 1. The van der Waals surface area contributed by atoms with E-state index in [0.717, 1.165) is 5.56 Å². The SMILES string of the molecule is CCO[C@H]1OC(=O)C[C@@H]1NC(=O)C(Cc1ccccc1)n1cccc(NC(=O)c2ccc(N)c(Cl)c2)c1=O. The van der Waals surface area contributed by atoms with Crippen molar-refractivity contribution in [2.75, 3.05) is 17.7 Å². The summed E-state index contributed by atoms with van der Waals surface area (Å²) in [7, 11) is 0. The second-order valence-electron chi connectivity index (χ2n) is 8.66. The van der Waals surface area contributed by atoms with Crippen molar-refractivity contribution in [3.8, 4) is 0 Å². The smallest absolute Gasteiger partial charge is 0.310 e. The van der Waals surface area contributed by atoms with Crippen LogP contribution in [0.4, 0.5) is 11.4 Å². The van der Waals surface area contributed by atoms with Crippen molar-refractivity contribution in [2.24, 2.45) is 0 Å². The quantitative estimate of drug-likeness (QED) is 0.281. The van der Waals surface area contributed by atoms with Gasteiger partial charge in [-0.3, -0.25) is 19.2 Å². The molecule has 3 aromatic rings. The zero-order chi connectivity index (χ0) is 27.2. The molecule has 2 amide bonds. The lowest BCUT2D eigenvalue weighted by Gasteiger charge is -2.24. The molecule has 4 N–H and O–H groups in total. The zero-order valence-electron chi connectivity index (χ0n) is 20.6. The Morgan fingerprint density at radius 1 is 1.16 bits per heavy atom. The molecule has 38 heavy (non-hydrogen) atoms. The van der Waals surface area contributed by atoms with Gasteiger partial charge in [0.25, 0.3) is 11.5 Å². The fourth-order valence-electron chi connectivity index (χ4n) is 4.12. The van der Waals surface area contributed by atoms with E-state index in [1.165, 1.54) is 35.0 Å². The molecule has 1 saturated heterocycles. The van der Waals surface area contributed by atoms with Gasteiger partial charge in [-0.2, -0.15) is 0 Å². The fourth-order valence-corrected chi connectivity index (χ4v) is 4.30. The van der Waals surface area contributed by atoms with Crippen molar-refractivity contribution in [3.05, 3.63) is 93.4 Å². The topological polar surface area (TPSA) is 142 Å². The van der Waals surface area contributed by atoms with Crippen LogP contribution in [-0.2, 0) is 25.5 Å². The number of aromatic nitrogens is 1. The largest absolute Gasteiger partial charge is 0.433 e. The molecule has 11 heteroatoms. The number of hydrogen-bond donors (Lipinski definition) is 3. The van der Waals surface area contributed by atoms with Gasteiger partial charge in [0, 0.05) is 24.8 Å². The third-order valence-electron chi connectivity index (χ3n) is 6.02. The summed E-state index contributed by atoms with van der Waals surface area (Å²) in [4.78, 5) is 51.6. The molecular weight excluding hydrogens is 512 g/mol. The number of esters is 1. The fraction of sp³-hybridized carbons (Fsp3) is 0.259. The Bertz CT molecular complexity index is 1390. The van der Waals surface area contributed by atoms with Gasteiger partial charge in [0.05, 0.1) is 17.1 Å². The number of amides is 2. The van der Waals surface area contributed by atoms with E-state index in [4.69, 9.17) is 26.8 Å². The van der Waals surface area contributed by atoms with Crippen LogP contribution in [0, 0.1) is 0 Å². The van der Waals surface area contributed by atoms with Crippen molar-refractivity contribution in [2.45, 2.75) is 38.1 Å². The Balaban J connectivity index is 1.63. The van der Waals surface area contributed by atoms with E-state index in [9.17, 15) is 19.2 Å². The summed E-state index contributed by atoms with van der Waals surface area (Å²) in [6, 6.07) is 14.9. The van der Waals surface area contributed by atoms with E-state index in [2.05, 4.69) is 10.6 Å². The van der Waals surface area contributed by atoms with E-state index in [-0.39, 0.29) is 35.7 Å². The highest BCUT2D eigenvalue weighted by atomic mass is 35.5. The van der Waals surface area contributed by atoms with Gasteiger partial charge >= 0.3 is 5.97 Å². The summed E-state index contributed by atoms with van der Waals surface area (Å²) in [5, 5.41) is 5.60. The molecule has 0 bridgehead atoms. The lowest BCUT2D eigenvalue weighted by atomic mass is 10.0. The summed E-state index contributed by atoms with van der Waals surface area (Å²) in [5.41, 5.74) is 6.45. The number of anilines is 2. The van der Waals surface area contributed by atoms with E-state index >= 15 is 0 Å². The molecule has 1 aliphatic heterocycles. The highest BCUT2D eigenvalue weighted by Gasteiger charge is 2.38. The minimum Gasteiger partial charge on any atom is -0.433 e. The second-order valence-corrected chi connectivity index (χ2v) is 9.07. The number of cyclic esters (lactones) is 1. The highest BCUT2D eigenvalue weighted by Crippen LogP contribution is 2.22. The summed E-state index contributed by atoms with van der Waals surface area (Å²) >= 11 is 6.03. The average molecular weight is 539 g/mol. The van der Waals surface area contributed by atoms with Crippen molar-refractivity contribution in [1.29, 1.82) is 0 Å². The number of ether oxygens (including phenoxy) is 2. The molecule has 1 aliphatic rings. The van der Waals surface area contributed by atoms with Gasteiger partial charge in [0.2, 0.25) is 12.2 Å². The Kier molecular flexibility index (Phi) is 8.45. The Labute approximate surface area is 223 Å². The number of hydrogen-bond acceptors (Lipinski definition) is 7. The number of benzene rings is 2. The molecule has 0 radical (unpaired) electrons. The number of nitrogens with two attached hydrogens (primary N) is 1. The van der Waals surface area contributed by atoms with Crippen LogP contribution in [0.15, 0.2) is 71.7 Å². The molecule has 2 heterocycles. The van der Waals surface area contributed by atoms with Gasteiger partial charge in [0.15, 0.2) is 0 Å². The minimum atomic E-state index is -0.995. The molecule has 3 atom stereocenters. The third-order valence-corrected chi connectivity index (χ3v) is 6.34. The molecule has 1 fully saturated rings. The summed E-state index contributed by atoms with van der Waals surface area (Å²) in [5.74, 6) is -1.55. The molecule has 10 nitrogen and oxygen atoms in total. The maximum Gasteiger partial charge on any atom is 0.310 e. The molecular formula is C27H27ClN4O6. The molecule has 1 unspecified atom stereocenters. The standard InChI is InChI=1S/C27H27ClN4O6/c1-2-37-27-21(15-23(33)38-27)31-25(35)22(13-16-7-4-3-5-8-16)32-12-6-9-20(26(32)36)30-24(34)17-10-11-19(29)18(28)14-17/h3-12,14,21-22,27H,2,13,15,29H2,1H3,(H,30,34)(H,31,35)/t21-,22?,27-/m0/s1. The third kappa shape index (κ3) is 6.21. The predicted octanol–water partition coefficient (Wildman–Crippen LogP) is 2.91. The van der Waals surface area contributed by atoms with Crippen molar-refractivity contribution < 1.29 is 23.9 Å². The number of carbonyl (C=O) groups excluding carboxylic acids is 3. The first-order valence-electron chi connectivity index (χ1n) is 12.0. The van der Waals surface area contributed by atoms with E-state index in [1.54, 1.807) is 13.0 Å². The van der Waals surface area contributed by atoms with Gasteiger partial charge in [0.1, 0.15) is 17.8 Å². The zero-order valence-corrected chi connectivity index (χ0v) is 21.3. The van der Waals surface area contributed by atoms with E-state index in [0.29, 0.717) is 5.69 Å². The van der Waals surface area contributed by atoms with Gasteiger partial charge in [-0.25, -0.2) is 0 Å². The number of nitrogen functional groups attached to an aromatic ring is 1. The van der Waals surface area contributed by atoms with Crippen LogP contribution in [0.5, 0.6) is 0 Å². The normalized spacial score (nSPS) is 17.5. The van der Waals surface area contributed by atoms with Crippen molar-refractivity contribution in [3.63, 3.8) is 0 Å². The molecule has 0 aliphatic carbocycles. The first kappa shape index (κ1) is 26.9. The molecule has 1 aromatic heterocycles. The number of carbonyl (C=O) groups is 3. The summed E-state index contributed by atoms with van der Waals surface area (Å²) in [6.45, 7) is 2.04. The van der Waals surface area contributed by atoms with Crippen LogP contribution < -0.4 is 21.9 Å². The molecule has 4 rings (SSSR count). The number of nitrogens with one attached hydrogen (secondary N) is 2. The first-order valence-corrected chi connectivity index (χ1v) is 12.4. The molecule has 0 saturated carbocycles. The van der Waals surface area contributed by atoms with Gasteiger partial charge < -0.3 is 30.4 Å². The highest BCUT2D eigenvalue weighted by molar-refractivity contribution is 6.33. The number of rotatable bonds is 9. The average Bonchev–Trinajstić information content (AvgIpc) is 3.24. The maximum atomic E-state index is 13.5. The molecule has 198 valence electrons. The number of halogens is 1. The Morgan fingerprint density at radius 2 is 1.92 bits per heavy atom. The Hall–Kier alpha value is -4.15. The first-order chi connectivity index (χ1) is 18.3. The Morgan fingerprint density at radius 3 is 2.63 bits per heavy atom. The predicted molar refractivity (Wildman–Crippen MR) is 142 cm³/mol. The maximum absolute atomic E-state index is 13.5. The van der Waals surface area contributed by atoms with Crippen molar-refractivity contribution >= 4 is 40.8 Å². The van der Waals surface area contributed by atoms with Crippen LogP contribution >= 0.6 is 11.6 Å². The summed E-state index contributed by atoms with van der Waals surface area (Å²) < 4.78 is 11.8. The van der Waals surface area contributed by atoms with Gasteiger partial charge in [-0.15, -0.1) is 0 Å². The lowest BCUT2D eigenvalue weighted by Crippen LogP contribution is -2.46. The van der Waals surface area contributed by atoms with Crippen LogP contribution in [-0.4, -0.2) is 41.3 Å². The van der Waals surface area contributed by atoms with Gasteiger partial charge in [-0.1, -0.05) is 41.9 Å². The van der Waals surface area contributed by atoms with E-state index in [1.807, 2.05) is 30.3 Å². The van der Waals surface area contributed by atoms with Gasteiger partial charge in [-0.05, 0) is 42.8 Å². The van der Waals surface area contributed by atoms with E-state index < -0.39 is 41.7 Å².